The van der Waals surface area contributed by atoms with Crippen molar-refractivity contribution in [3.05, 3.63) is 17.0 Å². The van der Waals surface area contributed by atoms with Crippen LogP contribution in [0.5, 0.6) is 0 Å². The number of fused-ring (bicyclic) bond motifs is 1. The van der Waals surface area contributed by atoms with Gasteiger partial charge in [0.2, 0.25) is 0 Å². The van der Waals surface area contributed by atoms with E-state index >= 15 is 0 Å². The lowest BCUT2D eigenvalue weighted by atomic mass is 10.1. The van der Waals surface area contributed by atoms with E-state index < -0.39 is 0 Å². The van der Waals surface area contributed by atoms with Crippen LogP contribution in [0.1, 0.15) is 41.5 Å². The molecule has 0 aliphatic carbocycles. The van der Waals surface area contributed by atoms with Crippen LogP contribution in [-0.4, -0.2) is 66.5 Å². The van der Waals surface area contributed by atoms with Crippen molar-refractivity contribution in [1.82, 2.24) is 25.3 Å². The molecule has 3 heterocycles. The molecule has 0 bridgehead atoms. The Bertz CT molecular complexity index is 572. The summed E-state index contributed by atoms with van der Waals surface area (Å²) in [7, 11) is 1.69. The molecule has 0 aromatic carbocycles. The molecule has 1 saturated heterocycles. The van der Waals surface area contributed by atoms with Gasteiger partial charge in [0.1, 0.15) is 0 Å². The number of nitrogens with one attached hydrogen (secondary N) is 2. The summed E-state index contributed by atoms with van der Waals surface area (Å²) in [6.07, 6.45) is 3.29. The molecule has 0 radical (unpaired) electrons. The molecule has 1 fully saturated rings. The molecule has 0 spiro atoms. The zero-order valence-corrected chi connectivity index (χ0v) is 14.8. The molecule has 0 unspecified atom stereocenters. The zero-order chi connectivity index (χ0) is 16.9. The van der Waals surface area contributed by atoms with Gasteiger partial charge in [-0.1, -0.05) is 6.92 Å². The van der Waals surface area contributed by atoms with E-state index in [1.807, 2.05) is 4.68 Å². The fourth-order valence-electron chi connectivity index (χ4n) is 3.80. The molecule has 1 atom stereocenters. The van der Waals surface area contributed by atoms with Crippen molar-refractivity contribution >= 4 is 5.91 Å². The molecular weight excluding hydrogens is 306 g/mol. The van der Waals surface area contributed by atoms with Gasteiger partial charge in [0.05, 0.1) is 13.2 Å². The number of methoxy groups -OCH3 is 1. The van der Waals surface area contributed by atoms with E-state index in [-0.39, 0.29) is 5.91 Å². The Morgan fingerprint density at radius 2 is 2.38 bits per heavy atom. The number of hydrogen-bond donors (Lipinski definition) is 2. The Morgan fingerprint density at radius 3 is 3.17 bits per heavy atom. The first-order chi connectivity index (χ1) is 11.7. The fourth-order valence-corrected chi connectivity index (χ4v) is 3.80. The summed E-state index contributed by atoms with van der Waals surface area (Å²) in [5.74, 6) is -0.0472. The van der Waals surface area contributed by atoms with E-state index in [9.17, 15) is 4.79 Å². The second-order valence-corrected chi connectivity index (χ2v) is 6.55. The van der Waals surface area contributed by atoms with Crippen LogP contribution < -0.4 is 10.6 Å². The lowest BCUT2D eigenvalue weighted by molar-refractivity contribution is 0.0934. The summed E-state index contributed by atoms with van der Waals surface area (Å²) in [6, 6.07) is 0.462. The number of hydrogen-bond acceptors (Lipinski definition) is 5. The van der Waals surface area contributed by atoms with Gasteiger partial charge >= 0.3 is 0 Å². The lowest BCUT2D eigenvalue weighted by Gasteiger charge is -2.22. The van der Waals surface area contributed by atoms with Crippen molar-refractivity contribution < 1.29 is 9.53 Å². The summed E-state index contributed by atoms with van der Waals surface area (Å²) in [4.78, 5) is 15.1. The van der Waals surface area contributed by atoms with Crippen LogP contribution in [0.3, 0.4) is 0 Å². The minimum Gasteiger partial charge on any atom is -0.383 e. The van der Waals surface area contributed by atoms with Crippen LogP contribution in [0.2, 0.25) is 0 Å². The van der Waals surface area contributed by atoms with Gasteiger partial charge in [-0.15, -0.1) is 0 Å². The van der Waals surface area contributed by atoms with Gasteiger partial charge in [-0.3, -0.25) is 14.4 Å². The first kappa shape index (κ1) is 17.4. The molecular formula is C17H29N5O2. The Hall–Kier alpha value is -1.44. The number of amides is 1. The highest BCUT2D eigenvalue weighted by atomic mass is 16.5. The van der Waals surface area contributed by atoms with E-state index in [1.165, 1.54) is 12.1 Å². The van der Waals surface area contributed by atoms with Crippen molar-refractivity contribution in [3.8, 4) is 0 Å². The van der Waals surface area contributed by atoms with Gasteiger partial charge < -0.3 is 15.4 Å². The standard InChI is InChI=1S/C17H29N5O2/c1-3-21-8-4-5-13(21)11-19-17(23)16-14-12-18-7-6-15(14)22(20-16)9-10-24-2/h13,18H,3-12H2,1-2H3,(H,19,23)/t13-/m1/s1. The van der Waals surface area contributed by atoms with Crippen LogP contribution in [0.15, 0.2) is 0 Å². The molecule has 1 aromatic rings. The average Bonchev–Trinajstić information content (AvgIpc) is 3.22. The summed E-state index contributed by atoms with van der Waals surface area (Å²) in [5.41, 5.74) is 2.80. The fraction of sp³-hybridized carbons (Fsp3) is 0.765. The largest absolute Gasteiger partial charge is 0.383 e. The Morgan fingerprint density at radius 1 is 1.50 bits per heavy atom. The molecule has 24 heavy (non-hydrogen) atoms. The molecule has 7 heteroatoms. The van der Waals surface area contributed by atoms with Crippen molar-refractivity contribution in [3.63, 3.8) is 0 Å². The number of rotatable bonds is 7. The maximum atomic E-state index is 12.7. The topological polar surface area (TPSA) is 71.4 Å². The smallest absolute Gasteiger partial charge is 0.272 e. The van der Waals surface area contributed by atoms with Crippen LogP contribution in [-0.2, 0) is 24.2 Å². The molecule has 2 aliphatic heterocycles. The highest BCUT2D eigenvalue weighted by molar-refractivity contribution is 5.94. The van der Waals surface area contributed by atoms with Crippen molar-refractivity contribution in [2.75, 3.05) is 39.9 Å². The first-order valence-corrected chi connectivity index (χ1v) is 9.05. The molecule has 2 N–H and O–H groups in total. The second kappa shape index (κ2) is 8.09. The monoisotopic (exact) mass is 335 g/mol. The number of aromatic nitrogens is 2. The Kier molecular flexibility index (Phi) is 5.86. The van der Waals surface area contributed by atoms with Gasteiger partial charge in [0, 0.05) is 50.5 Å². The minimum atomic E-state index is -0.0472. The summed E-state index contributed by atoms with van der Waals surface area (Å²) in [6.45, 7) is 8.03. The van der Waals surface area contributed by atoms with Crippen LogP contribution >= 0.6 is 0 Å². The third kappa shape index (κ3) is 3.63. The predicted molar refractivity (Wildman–Crippen MR) is 92.1 cm³/mol. The molecule has 1 amide bonds. The number of likely N-dealkylation sites (tertiary alicyclic amines) is 1. The van der Waals surface area contributed by atoms with Gasteiger partial charge in [-0.05, 0) is 25.9 Å². The van der Waals surface area contributed by atoms with E-state index in [4.69, 9.17) is 4.74 Å². The van der Waals surface area contributed by atoms with E-state index in [2.05, 4.69) is 27.6 Å². The van der Waals surface area contributed by atoms with Gasteiger partial charge in [-0.2, -0.15) is 5.10 Å². The van der Waals surface area contributed by atoms with E-state index in [0.29, 0.717) is 31.4 Å². The summed E-state index contributed by atoms with van der Waals surface area (Å²) < 4.78 is 7.11. The molecule has 7 nitrogen and oxygen atoms in total. The van der Waals surface area contributed by atoms with Crippen LogP contribution in [0.25, 0.3) is 0 Å². The minimum absolute atomic E-state index is 0.0472. The van der Waals surface area contributed by atoms with Crippen molar-refractivity contribution in [2.45, 2.75) is 45.3 Å². The number of carbonyl (C=O) groups excluding carboxylic acids is 1. The maximum absolute atomic E-state index is 12.7. The Balaban J connectivity index is 1.68. The van der Waals surface area contributed by atoms with Gasteiger partial charge in [0.15, 0.2) is 5.69 Å². The van der Waals surface area contributed by atoms with Gasteiger partial charge in [0.25, 0.3) is 5.91 Å². The maximum Gasteiger partial charge on any atom is 0.272 e. The SMILES string of the molecule is CCN1CCC[C@@H]1CNC(=O)c1nn(CCOC)c2c1CNCC2. The lowest BCUT2D eigenvalue weighted by Crippen LogP contribution is -2.40. The quantitative estimate of drug-likeness (QED) is 0.754. The molecule has 134 valence electrons. The molecule has 0 saturated carbocycles. The third-order valence-corrected chi connectivity index (χ3v) is 5.13. The molecule has 2 aliphatic rings. The van der Waals surface area contributed by atoms with Crippen molar-refractivity contribution in [1.29, 1.82) is 0 Å². The Labute approximate surface area is 143 Å². The van der Waals surface area contributed by atoms with Crippen LogP contribution in [0.4, 0.5) is 0 Å². The molecule has 1 aromatic heterocycles. The number of ether oxygens (including phenoxy) is 1. The number of nitrogens with zero attached hydrogens (tertiary/aromatic N) is 3. The first-order valence-electron chi connectivity index (χ1n) is 9.05. The van der Waals surface area contributed by atoms with Crippen LogP contribution in [0, 0.1) is 0 Å². The van der Waals surface area contributed by atoms with E-state index in [1.54, 1.807) is 7.11 Å². The second-order valence-electron chi connectivity index (χ2n) is 6.55. The highest BCUT2D eigenvalue weighted by Crippen LogP contribution is 2.19. The molecule has 3 rings (SSSR count). The van der Waals surface area contributed by atoms with Gasteiger partial charge in [-0.25, -0.2) is 0 Å². The number of likely N-dealkylation sites (N-methyl/N-ethyl adjacent to an activating group) is 1. The zero-order valence-electron chi connectivity index (χ0n) is 14.8. The third-order valence-electron chi connectivity index (χ3n) is 5.13. The number of carbonyl (C=O) groups is 1. The normalized spacial score (nSPS) is 21.0. The van der Waals surface area contributed by atoms with E-state index in [0.717, 1.165) is 44.6 Å². The summed E-state index contributed by atoms with van der Waals surface area (Å²) >= 11 is 0. The summed E-state index contributed by atoms with van der Waals surface area (Å²) in [5, 5.41) is 11.0. The predicted octanol–water partition coefficient (Wildman–Crippen LogP) is 0.389. The highest BCUT2D eigenvalue weighted by Gasteiger charge is 2.27. The average molecular weight is 335 g/mol. The van der Waals surface area contributed by atoms with Crippen molar-refractivity contribution in [2.24, 2.45) is 0 Å².